The Morgan fingerprint density at radius 1 is 1.07 bits per heavy atom. The quantitative estimate of drug-likeness (QED) is 0.632. The molecule has 1 aliphatic heterocycles. The highest BCUT2D eigenvalue weighted by Gasteiger charge is 2.15. The third-order valence-corrected chi connectivity index (χ3v) is 5.42. The van der Waals surface area contributed by atoms with Gasteiger partial charge in [-0.3, -0.25) is 4.79 Å². The number of aryl methyl sites for hydroxylation is 1. The lowest BCUT2D eigenvalue weighted by Gasteiger charge is -2.25. The monoisotopic (exact) mass is 406 g/mol. The first-order valence-electron chi connectivity index (χ1n) is 10.4. The number of fused-ring (bicyclic) bond motifs is 1. The molecule has 6 nitrogen and oxygen atoms in total. The number of benzene rings is 2. The summed E-state index contributed by atoms with van der Waals surface area (Å²) in [5.41, 5.74) is 2.74. The molecule has 0 saturated carbocycles. The van der Waals surface area contributed by atoms with Crippen molar-refractivity contribution >= 4 is 28.3 Å². The summed E-state index contributed by atoms with van der Waals surface area (Å²) in [5.74, 6) is 0.246. The molecule has 1 aromatic heterocycles. The van der Waals surface area contributed by atoms with Gasteiger partial charge in [0.15, 0.2) is 6.61 Å². The molecule has 156 valence electrons. The molecule has 6 heteroatoms. The molecule has 0 bridgehead atoms. The number of nitrogens with zero attached hydrogens (tertiary/aromatic N) is 1. The highest BCUT2D eigenvalue weighted by molar-refractivity contribution is 5.95. The van der Waals surface area contributed by atoms with Crippen LogP contribution in [0.25, 0.3) is 11.0 Å². The van der Waals surface area contributed by atoms with Gasteiger partial charge in [-0.15, -0.1) is 0 Å². The maximum atomic E-state index is 12.5. The van der Waals surface area contributed by atoms with Crippen molar-refractivity contribution in [1.29, 1.82) is 0 Å². The predicted molar refractivity (Wildman–Crippen MR) is 118 cm³/mol. The normalized spacial score (nSPS) is 14.4. The lowest BCUT2D eigenvalue weighted by molar-refractivity contribution is -0.118. The highest BCUT2D eigenvalue weighted by atomic mass is 16.5. The van der Waals surface area contributed by atoms with Crippen molar-refractivity contribution in [2.75, 3.05) is 29.9 Å². The van der Waals surface area contributed by atoms with Crippen LogP contribution >= 0.6 is 0 Å². The van der Waals surface area contributed by atoms with Gasteiger partial charge >= 0.3 is 5.63 Å². The largest absolute Gasteiger partial charge is 0.484 e. The van der Waals surface area contributed by atoms with Crippen molar-refractivity contribution in [2.24, 2.45) is 0 Å². The molecule has 0 unspecified atom stereocenters. The fraction of sp³-hybridized carbons (Fsp3) is 0.333. The van der Waals surface area contributed by atoms with Gasteiger partial charge < -0.3 is 19.4 Å². The van der Waals surface area contributed by atoms with E-state index in [1.807, 2.05) is 31.2 Å². The minimum absolute atomic E-state index is 0.129. The van der Waals surface area contributed by atoms with E-state index in [9.17, 15) is 9.59 Å². The number of hydrogen-bond acceptors (Lipinski definition) is 5. The Bertz CT molecular complexity index is 1100. The van der Waals surface area contributed by atoms with Gasteiger partial charge in [-0.1, -0.05) is 25.0 Å². The molecule has 2 heterocycles. The van der Waals surface area contributed by atoms with E-state index in [-0.39, 0.29) is 12.5 Å². The van der Waals surface area contributed by atoms with E-state index in [0.717, 1.165) is 35.4 Å². The zero-order valence-electron chi connectivity index (χ0n) is 17.1. The van der Waals surface area contributed by atoms with Crippen LogP contribution in [-0.2, 0) is 4.79 Å². The minimum Gasteiger partial charge on any atom is -0.484 e. The average Bonchev–Trinajstić information content (AvgIpc) is 3.02. The van der Waals surface area contributed by atoms with E-state index in [4.69, 9.17) is 9.15 Å². The van der Waals surface area contributed by atoms with Gasteiger partial charge in [0.25, 0.3) is 5.91 Å². The van der Waals surface area contributed by atoms with Crippen LogP contribution in [0.1, 0.15) is 31.2 Å². The van der Waals surface area contributed by atoms with Crippen molar-refractivity contribution in [3.8, 4) is 5.75 Å². The third-order valence-electron chi connectivity index (χ3n) is 5.42. The number of hydrogen-bond donors (Lipinski definition) is 1. The summed E-state index contributed by atoms with van der Waals surface area (Å²) in [5, 5.41) is 3.82. The minimum atomic E-state index is -0.403. The van der Waals surface area contributed by atoms with Crippen LogP contribution in [0.5, 0.6) is 5.75 Å². The maximum absolute atomic E-state index is 12.5. The number of rotatable bonds is 5. The van der Waals surface area contributed by atoms with Gasteiger partial charge in [-0.05, 0) is 49.6 Å². The summed E-state index contributed by atoms with van der Waals surface area (Å²) in [6.07, 6.45) is 4.85. The Hall–Kier alpha value is -3.28. The molecular formula is C24H26N2O4. The van der Waals surface area contributed by atoms with E-state index < -0.39 is 5.63 Å². The number of carbonyl (C=O) groups is 1. The summed E-state index contributed by atoms with van der Waals surface area (Å²) in [6.45, 7) is 3.74. The Morgan fingerprint density at radius 3 is 2.63 bits per heavy atom. The van der Waals surface area contributed by atoms with Crippen molar-refractivity contribution in [1.82, 2.24) is 0 Å². The van der Waals surface area contributed by atoms with Crippen LogP contribution < -0.4 is 20.6 Å². The summed E-state index contributed by atoms with van der Waals surface area (Å²) in [7, 11) is 0. The molecule has 1 amide bonds. The van der Waals surface area contributed by atoms with Crippen LogP contribution in [0, 0.1) is 6.92 Å². The van der Waals surface area contributed by atoms with E-state index in [1.165, 1.54) is 31.7 Å². The summed E-state index contributed by atoms with van der Waals surface area (Å²) < 4.78 is 10.9. The lowest BCUT2D eigenvalue weighted by atomic mass is 10.1. The van der Waals surface area contributed by atoms with E-state index in [2.05, 4.69) is 16.3 Å². The first-order valence-corrected chi connectivity index (χ1v) is 10.4. The fourth-order valence-electron chi connectivity index (χ4n) is 3.90. The number of para-hydroxylation sites is 2. The standard InChI is InChI=1S/C24H26N2O4/c1-17-14-24(28)30-22-15-18(10-11-19(17)22)29-16-23(27)25-20-8-4-5-9-21(20)26-12-6-2-3-7-13-26/h4-5,8-11,14-15H,2-3,6-7,12-13,16H2,1H3,(H,25,27). The Labute approximate surface area is 175 Å². The summed E-state index contributed by atoms with van der Waals surface area (Å²) >= 11 is 0. The number of nitrogens with one attached hydrogen (secondary N) is 1. The van der Waals surface area contributed by atoms with E-state index in [1.54, 1.807) is 12.1 Å². The Morgan fingerprint density at radius 2 is 1.83 bits per heavy atom. The topological polar surface area (TPSA) is 71.8 Å². The molecule has 1 saturated heterocycles. The predicted octanol–water partition coefficient (Wildman–Crippen LogP) is 4.50. The number of carbonyl (C=O) groups excluding carboxylic acids is 1. The number of amides is 1. The van der Waals surface area contributed by atoms with Gasteiger partial charge in [0.1, 0.15) is 11.3 Å². The molecule has 30 heavy (non-hydrogen) atoms. The molecule has 3 aromatic rings. The van der Waals surface area contributed by atoms with E-state index in [0.29, 0.717) is 11.3 Å². The van der Waals surface area contributed by atoms with Crippen LogP contribution in [0.4, 0.5) is 11.4 Å². The highest BCUT2D eigenvalue weighted by Crippen LogP contribution is 2.28. The van der Waals surface area contributed by atoms with Gasteiger partial charge in [0, 0.05) is 30.6 Å². The SMILES string of the molecule is Cc1cc(=O)oc2cc(OCC(=O)Nc3ccccc3N3CCCCCC3)ccc12. The van der Waals surface area contributed by atoms with E-state index >= 15 is 0 Å². The molecule has 1 fully saturated rings. The molecule has 0 aliphatic carbocycles. The smallest absolute Gasteiger partial charge is 0.336 e. The van der Waals surface area contributed by atoms with Crippen molar-refractivity contribution < 1.29 is 13.9 Å². The second kappa shape index (κ2) is 9.03. The van der Waals surface area contributed by atoms with Crippen LogP contribution in [0.2, 0.25) is 0 Å². The van der Waals surface area contributed by atoms with Crippen molar-refractivity contribution in [3.63, 3.8) is 0 Å². The molecule has 4 rings (SSSR count). The van der Waals surface area contributed by atoms with Gasteiger partial charge in [-0.2, -0.15) is 0 Å². The first-order chi connectivity index (χ1) is 14.6. The second-order valence-corrected chi connectivity index (χ2v) is 7.66. The fourth-order valence-corrected chi connectivity index (χ4v) is 3.90. The molecule has 1 aliphatic rings. The third kappa shape index (κ3) is 4.64. The van der Waals surface area contributed by atoms with Gasteiger partial charge in [0.05, 0.1) is 11.4 Å². The zero-order chi connectivity index (χ0) is 20.9. The maximum Gasteiger partial charge on any atom is 0.336 e. The van der Waals surface area contributed by atoms with Crippen molar-refractivity contribution in [3.05, 3.63) is 64.5 Å². The summed E-state index contributed by atoms with van der Waals surface area (Å²) in [4.78, 5) is 26.5. The molecule has 0 radical (unpaired) electrons. The molecule has 0 atom stereocenters. The first kappa shape index (κ1) is 20.0. The molecule has 1 N–H and O–H groups in total. The summed E-state index contributed by atoms with van der Waals surface area (Å²) in [6, 6.07) is 14.6. The molecular weight excluding hydrogens is 380 g/mol. The zero-order valence-corrected chi connectivity index (χ0v) is 17.1. The Kier molecular flexibility index (Phi) is 6.02. The number of ether oxygens (including phenoxy) is 1. The number of anilines is 2. The molecule has 2 aromatic carbocycles. The molecule has 0 spiro atoms. The van der Waals surface area contributed by atoms with Crippen LogP contribution in [0.3, 0.4) is 0 Å². The van der Waals surface area contributed by atoms with Crippen LogP contribution in [-0.4, -0.2) is 25.6 Å². The van der Waals surface area contributed by atoms with Crippen molar-refractivity contribution in [2.45, 2.75) is 32.6 Å². The second-order valence-electron chi connectivity index (χ2n) is 7.66. The average molecular weight is 406 g/mol. The lowest BCUT2D eigenvalue weighted by Crippen LogP contribution is -2.27. The Balaban J connectivity index is 1.43. The van der Waals surface area contributed by atoms with Crippen LogP contribution in [0.15, 0.2) is 57.7 Å². The van der Waals surface area contributed by atoms with Gasteiger partial charge in [-0.25, -0.2) is 4.79 Å². The van der Waals surface area contributed by atoms with Gasteiger partial charge in [0.2, 0.25) is 0 Å².